The molecule has 0 spiro atoms. The van der Waals surface area contributed by atoms with Gasteiger partial charge in [0, 0.05) is 10.9 Å². The van der Waals surface area contributed by atoms with Crippen molar-refractivity contribution in [1.82, 2.24) is 0 Å². The molecular weight excluding hydrogens is 362 g/mol. The normalized spacial score (nSPS) is 25.0. The van der Waals surface area contributed by atoms with Crippen LogP contribution in [-0.2, 0) is 14.6 Å². The number of nitrogens with zero attached hydrogens (tertiary/aromatic N) is 1. The van der Waals surface area contributed by atoms with Gasteiger partial charge >= 0.3 is 0 Å². The van der Waals surface area contributed by atoms with Crippen molar-refractivity contribution < 1.29 is 17.9 Å². The van der Waals surface area contributed by atoms with Gasteiger partial charge < -0.3 is 9.53 Å². The number of aldehydes is 1. The maximum atomic E-state index is 13.0. The van der Waals surface area contributed by atoms with Crippen LogP contribution >= 0.6 is 11.6 Å². The summed E-state index contributed by atoms with van der Waals surface area (Å²) in [4.78, 5) is 11.7. The molecule has 3 rings (SSSR count). The summed E-state index contributed by atoms with van der Waals surface area (Å²) in [5.41, 5.74) is -0.982. The number of hydrogen-bond acceptors (Lipinski definition) is 5. The molecule has 5 nitrogen and oxygen atoms in total. The van der Waals surface area contributed by atoms with Crippen LogP contribution in [0.4, 0.5) is 0 Å². The maximum absolute atomic E-state index is 13.0. The molecule has 2 aromatic carbocycles. The Morgan fingerprint density at radius 2 is 1.76 bits per heavy atom. The van der Waals surface area contributed by atoms with Crippen LogP contribution in [0, 0.1) is 16.7 Å². The predicted octanol–water partition coefficient (Wildman–Crippen LogP) is 3.00. The monoisotopic (exact) mass is 375 g/mol. The molecule has 1 fully saturated rings. The van der Waals surface area contributed by atoms with Crippen LogP contribution in [0.1, 0.15) is 11.5 Å². The van der Waals surface area contributed by atoms with E-state index in [0.29, 0.717) is 22.6 Å². The molecule has 128 valence electrons. The zero-order valence-electron chi connectivity index (χ0n) is 13.2. The third-order valence-electron chi connectivity index (χ3n) is 4.52. The Kier molecular flexibility index (Phi) is 4.31. The number of halogens is 1. The van der Waals surface area contributed by atoms with Gasteiger partial charge in [0.1, 0.15) is 22.7 Å². The van der Waals surface area contributed by atoms with Crippen LogP contribution in [0.2, 0.25) is 5.02 Å². The lowest BCUT2D eigenvalue weighted by Gasteiger charge is -2.05. The minimum Gasteiger partial charge on any atom is -0.497 e. The molecule has 1 aliphatic rings. The third kappa shape index (κ3) is 2.70. The third-order valence-corrected chi connectivity index (χ3v) is 7.03. The van der Waals surface area contributed by atoms with Crippen LogP contribution in [-0.4, -0.2) is 27.1 Å². The van der Waals surface area contributed by atoms with E-state index < -0.39 is 26.4 Å². The first-order valence-corrected chi connectivity index (χ1v) is 9.34. The van der Waals surface area contributed by atoms with Gasteiger partial charge in [0.05, 0.1) is 18.1 Å². The van der Waals surface area contributed by atoms with Gasteiger partial charge in [-0.2, -0.15) is 5.26 Å². The van der Waals surface area contributed by atoms with Crippen LogP contribution < -0.4 is 4.74 Å². The van der Waals surface area contributed by atoms with Gasteiger partial charge in [-0.1, -0.05) is 23.7 Å². The van der Waals surface area contributed by atoms with Crippen LogP contribution in [0.5, 0.6) is 5.75 Å². The SMILES string of the molecule is COc1ccc([C@H]2[C@H](S(=O)(=O)c3ccc(Cl)cc3)[C@@]2(C#N)C=O)cc1. The summed E-state index contributed by atoms with van der Waals surface area (Å²) in [5.74, 6) is -0.114. The van der Waals surface area contributed by atoms with E-state index in [4.69, 9.17) is 16.3 Å². The van der Waals surface area contributed by atoms with Gasteiger partial charge in [-0.3, -0.25) is 0 Å². The second-order valence-electron chi connectivity index (χ2n) is 5.83. The molecule has 2 aromatic rings. The number of hydrogen-bond donors (Lipinski definition) is 0. The Morgan fingerprint density at radius 1 is 1.16 bits per heavy atom. The molecule has 0 unspecified atom stereocenters. The van der Waals surface area contributed by atoms with Crippen LogP contribution in [0.15, 0.2) is 53.4 Å². The molecule has 1 aliphatic carbocycles. The van der Waals surface area contributed by atoms with Crippen molar-refractivity contribution in [3.05, 3.63) is 59.1 Å². The summed E-state index contributed by atoms with van der Waals surface area (Å²) < 4.78 is 31.0. The second kappa shape index (κ2) is 6.17. The van der Waals surface area contributed by atoms with Gasteiger partial charge in [0.15, 0.2) is 9.84 Å². The molecule has 7 heteroatoms. The summed E-state index contributed by atoms with van der Waals surface area (Å²) in [5, 5.41) is 8.80. The van der Waals surface area contributed by atoms with E-state index in [1.165, 1.54) is 31.4 Å². The number of benzene rings is 2. The Hall–Kier alpha value is -2.36. The van der Waals surface area contributed by atoms with E-state index in [-0.39, 0.29) is 4.90 Å². The Bertz CT molecular complexity index is 948. The molecule has 25 heavy (non-hydrogen) atoms. The molecule has 3 atom stereocenters. The standard InChI is InChI=1S/C18H14ClNO4S/c1-24-14-6-2-12(3-7-14)16-17(18(16,10-20)11-21)25(22,23)15-8-4-13(19)5-9-15/h2-9,11,16-17H,1H3/t16-,17-,18-/m0/s1. The largest absolute Gasteiger partial charge is 0.497 e. The average Bonchev–Trinajstić information content (AvgIpc) is 3.33. The van der Waals surface area contributed by atoms with Gasteiger partial charge in [0.2, 0.25) is 0 Å². The number of carbonyl (C=O) groups is 1. The minimum atomic E-state index is -3.87. The number of rotatable bonds is 5. The fourth-order valence-corrected chi connectivity index (χ4v) is 5.51. The highest BCUT2D eigenvalue weighted by Gasteiger charge is 2.72. The van der Waals surface area contributed by atoms with Crippen LogP contribution in [0.3, 0.4) is 0 Å². The first kappa shape index (κ1) is 17.5. The molecular formula is C18H14ClNO4S. The van der Waals surface area contributed by atoms with Crippen molar-refractivity contribution in [1.29, 1.82) is 5.26 Å². The average molecular weight is 376 g/mol. The highest BCUT2D eigenvalue weighted by molar-refractivity contribution is 7.92. The van der Waals surface area contributed by atoms with Crippen molar-refractivity contribution >= 4 is 27.7 Å². The highest BCUT2D eigenvalue weighted by Crippen LogP contribution is 2.62. The molecule has 0 N–H and O–H groups in total. The van der Waals surface area contributed by atoms with E-state index >= 15 is 0 Å². The smallest absolute Gasteiger partial charge is 0.183 e. The topological polar surface area (TPSA) is 84.2 Å². The van der Waals surface area contributed by atoms with Crippen molar-refractivity contribution in [2.45, 2.75) is 16.1 Å². The number of ether oxygens (including phenoxy) is 1. The first-order chi connectivity index (χ1) is 11.9. The lowest BCUT2D eigenvalue weighted by molar-refractivity contribution is -0.110. The molecule has 0 saturated heterocycles. The summed E-state index contributed by atoms with van der Waals surface area (Å²) in [7, 11) is -2.35. The summed E-state index contributed by atoms with van der Waals surface area (Å²) in [6.45, 7) is 0. The van der Waals surface area contributed by atoms with E-state index in [1.807, 2.05) is 6.07 Å². The molecule has 0 aliphatic heterocycles. The lowest BCUT2D eigenvalue weighted by atomic mass is 10.0. The van der Waals surface area contributed by atoms with Gasteiger partial charge in [-0.25, -0.2) is 8.42 Å². The predicted molar refractivity (Wildman–Crippen MR) is 92.3 cm³/mol. The van der Waals surface area contributed by atoms with E-state index in [0.717, 1.165) is 0 Å². The highest BCUT2D eigenvalue weighted by atomic mass is 35.5. The van der Waals surface area contributed by atoms with Crippen molar-refractivity contribution in [2.24, 2.45) is 5.41 Å². The Labute approximate surface area is 150 Å². The van der Waals surface area contributed by atoms with Crippen LogP contribution in [0.25, 0.3) is 0 Å². The quantitative estimate of drug-likeness (QED) is 0.750. The lowest BCUT2D eigenvalue weighted by Crippen LogP contribution is -2.16. The fraction of sp³-hybridized carbons (Fsp3) is 0.222. The van der Waals surface area contributed by atoms with Gasteiger partial charge in [-0.15, -0.1) is 0 Å². The number of methoxy groups -OCH3 is 1. The number of carbonyl (C=O) groups excluding carboxylic acids is 1. The number of sulfone groups is 1. The molecule has 0 heterocycles. The van der Waals surface area contributed by atoms with Crippen molar-refractivity contribution in [3.63, 3.8) is 0 Å². The molecule has 0 radical (unpaired) electrons. The Morgan fingerprint density at radius 3 is 2.24 bits per heavy atom. The van der Waals surface area contributed by atoms with E-state index in [9.17, 15) is 18.5 Å². The number of nitriles is 1. The second-order valence-corrected chi connectivity index (χ2v) is 8.34. The van der Waals surface area contributed by atoms with E-state index in [1.54, 1.807) is 24.3 Å². The molecule has 0 bridgehead atoms. The summed E-state index contributed by atoms with van der Waals surface area (Å²) in [6, 6.07) is 14.3. The molecule has 0 amide bonds. The fourth-order valence-electron chi connectivity index (χ4n) is 3.14. The zero-order chi connectivity index (χ0) is 18.2. The van der Waals surface area contributed by atoms with Crippen molar-refractivity contribution in [2.75, 3.05) is 7.11 Å². The maximum Gasteiger partial charge on any atom is 0.183 e. The molecule has 0 aromatic heterocycles. The van der Waals surface area contributed by atoms with Gasteiger partial charge in [0.25, 0.3) is 0 Å². The van der Waals surface area contributed by atoms with Gasteiger partial charge in [-0.05, 0) is 42.0 Å². The Balaban J connectivity index is 2.05. The summed E-state index contributed by atoms with van der Waals surface area (Å²) in [6.07, 6.45) is 0.444. The first-order valence-electron chi connectivity index (χ1n) is 7.41. The minimum absolute atomic E-state index is 0.0411. The molecule has 1 saturated carbocycles. The van der Waals surface area contributed by atoms with Crippen molar-refractivity contribution in [3.8, 4) is 11.8 Å². The summed E-state index contributed by atoms with van der Waals surface area (Å²) >= 11 is 5.81. The zero-order valence-corrected chi connectivity index (χ0v) is 14.8. The van der Waals surface area contributed by atoms with E-state index in [2.05, 4.69) is 0 Å².